The van der Waals surface area contributed by atoms with Gasteiger partial charge in [-0.3, -0.25) is 0 Å². The number of halogens is 6. The predicted molar refractivity (Wildman–Crippen MR) is 37.8 cm³/mol. The monoisotopic (exact) mass is 234 g/mol. The van der Waals surface area contributed by atoms with Crippen molar-refractivity contribution in [2.75, 3.05) is 6.61 Å². The first-order chi connectivity index (χ1) is 4.29. The van der Waals surface area contributed by atoms with Gasteiger partial charge in [-0.25, -0.2) is 0 Å². The molecule has 0 aromatic heterocycles. The number of rotatable bonds is 0. The van der Waals surface area contributed by atoms with E-state index in [-0.39, 0.29) is 0 Å². The summed E-state index contributed by atoms with van der Waals surface area (Å²) in [4.78, 5) is 0. The minimum Gasteiger partial charge on any atom is -0.387 e. The van der Waals surface area contributed by atoms with E-state index in [1.54, 1.807) is 0 Å². The quantitative estimate of drug-likeness (QED) is 0.503. The van der Waals surface area contributed by atoms with Gasteiger partial charge in [0.15, 0.2) is 0 Å². The van der Waals surface area contributed by atoms with Crippen LogP contribution in [0.5, 0.6) is 0 Å². The lowest BCUT2D eigenvalue weighted by molar-refractivity contribution is -0.159. The highest BCUT2D eigenvalue weighted by Gasteiger charge is 2.24. The molecule has 0 heterocycles. The molecule has 0 unspecified atom stereocenters. The van der Waals surface area contributed by atoms with Crippen LogP contribution in [0.15, 0.2) is 0 Å². The molecule has 10 heavy (non-hydrogen) atoms. The van der Waals surface area contributed by atoms with Gasteiger partial charge in [0.2, 0.25) is 0 Å². The van der Waals surface area contributed by atoms with Gasteiger partial charge in [0.1, 0.15) is 6.61 Å². The molecular formula is C2H4Cl3F3OSi. The van der Waals surface area contributed by atoms with Gasteiger partial charge in [0.05, 0.1) is 0 Å². The van der Waals surface area contributed by atoms with Crippen LogP contribution in [0.4, 0.5) is 13.2 Å². The van der Waals surface area contributed by atoms with Crippen molar-refractivity contribution in [1.82, 2.24) is 0 Å². The number of alkyl halides is 3. The second-order valence-electron chi connectivity index (χ2n) is 1.02. The molecule has 0 aliphatic heterocycles. The summed E-state index contributed by atoms with van der Waals surface area (Å²) in [5, 5.41) is 7.28. The second-order valence-corrected chi connectivity index (χ2v) is 7.45. The van der Waals surface area contributed by atoms with E-state index in [1.165, 1.54) is 0 Å². The Balaban J connectivity index is 0. The fraction of sp³-hybridized carbons (Fsp3) is 1.00. The summed E-state index contributed by atoms with van der Waals surface area (Å²) in [6.45, 7) is -3.45. The Labute approximate surface area is 71.4 Å². The molecule has 0 aliphatic carbocycles. The summed E-state index contributed by atoms with van der Waals surface area (Å²) in [6, 6.07) is 0. The number of hydrogen-bond donors (Lipinski definition) is 1. The first-order valence-corrected chi connectivity index (χ1v) is 7.13. The van der Waals surface area contributed by atoms with E-state index in [0.717, 1.165) is 0 Å². The van der Waals surface area contributed by atoms with E-state index in [0.29, 0.717) is 0 Å². The van der Waals surface area contributed by atoms with Crippen LogP contribution in [0.2, 0.25) is 0 Å². The highest BCUT2D eigenvalue weighted by Crippen LogP contribution is 2.11. The molecule has 0 saturated heterocycles. The molecule has 0 spiro atoms. The summed E-state index contributed by atoms with van der Waals surface area (Å²) in [5.74, 6) is 0. The molecule has 0 aromatic rings. The molecule has 0 rings (SSSR count). The van der Waals surface area contributed by atoms with E-state index < -0.39 is 19.5 Å². The minimum absolute atomic E-state index is 1.72. The highest BCUT2D eigenvalue weighted by molar-refractivity contribution is 7.54. The van der Waals surface area contributed by atoms with Gasteiger partial charge in [0.25, 0.3) is 0 Å². The van der Waals surface area contributed by atoms with E-state index in [1.807, 2.05) is 0 Å². The number of aliphatic hydroxyl groups excluding tert-OH is 1. The topological polar surface area (TPSA) is 20.2 Å². The summed E-state index contributed by atoms with van der Waals surface area (Å²) in [5.41, 5.74) is 0. The molecule has 64 valence electrons. The maximum atomic E-state index is 10.5. The predicted octanol–water partition coefficient (Wildman–Crippen LogP) is 1.96. The van der Waals surface area contributed by atoms with Crippen LogP contribution < -0.4 is 0 Å². The van der Waals surface area contributed by atoms with E-state index in [2.05, 4.69) is 0 Å². The molecule has 0 aromatic carbocycles. The Bertz CT molecular complexity index is 73.9. The fourth-order valence-electron chi connectivity index (χ4n) is 0. The van der Waals surface area contributed by atoms with Crippen molar-refractivity contribution >= 4 is 40.0 Å². The first-order valence-electron chi connectivity index (χ1n) is 1.89. The molecule has 0 bridgehead atoms. The smallest absolute Gasteiger partial charge is 0.387 e. The third kappa shape index (κ3) is 36.9. The highest BCUT2D eigenvalue weighted by atomic mass is 35.8. The largest absolute Gasteiger partial charge is 0.411 e. The zero-order valence-electron chi connectivity index (χ0n) is 4.50. The Morgan fingerprint density at radius 2 is 1.30 bits per heavy atom. The zero-order valence-corrected chi connectivity index (χ0v) is 7.92. The van der Waals surface area contributed by atoms with Crippen LogP contribution >= 0.6 is 33.2 Å². The summed E-state index contributed by atoms with van der Waals surface area (Å²) >= 11 is 14.8. The Kier molecular flexibility index (Phi) is 8.78. The van der Waals surface area contributed by atoms with Crippen molar-refractivity contribution < 1.29 is 18.3 Å². The number of hydrogen-bond acceptors (Lipinski definition) is 1. The van der Waals surface area contributed by atoms with Gasteiger partial charge in [-0.2, -0.15) is 13.2 Å². The summed E-state index contributed by atoms with van der Waals surface area (Å²) < 4.78 is 31.6. The molecule has 0 aliphatic rings. The van der Waals surface area contributed by atoms with Crippen LogP contribution in [-0.4, -0.2) is 24.6 Å². The first kappa shape index (κ1) is 13.4. The zero-order chi connectivity index (χ0) is 8.78. The van der Waals surface area contributed by atoms with E-state index in [4.69, 9.17) is 38.3 Å². The van der Waals surface area contributed by atoms with Crippen LogP contribution in [0.3, 0.4) is 0 Å². The average Bonchev–Trinajstić information content (AvgIpc) is 1.63. The van der Waals surface area contributed by atoms with Gasteiger partial charge in [-0.1, -0.05) is 0 Å². The van der Waals surface area contributed by atoms with Crippen molar-refractivity contribution in [3.63, 3.8) is 0 Å². The van der Waals surface area contributed by atoms with Crippen molar-refractivity contribution in [3.05, 3.63) is 0 Å². The molecule has 0 atom stereocenters. The normalized spacial score (nSPS) is 10.8. The Hall–Kier alpha value is 0.837. The maximum absolute atomic E-state index is 10.5. The average molecular weight is 235 g/mol. The van der Waals surface area contributed by atoms with Crippen LogP contribution in [-0.2, 0) is 0 Å². The van der Waals surface area contributed by atoms with Crippen LogP contribution in [0, 0.1) is 0 Å². The molecule has 0 fully saturated rings. The van der Waals surface area contributed by atoms with Gasteiger partial charge in [0, 0.05) is 0 Å². The van der Waals surface area contributed by atoms with E-state index in [9.17, 15) is 13.2 Å². The van der Waals surface area contributed by atoms with Crippen molar-refractivity contribution in [3.8, 4) is 0 Å². The van der Waals surface area contributed by atoms with Crippen molar-refractivity contribution in [2.24, 2.45) is 0 Å². The lowest BCUT2D eigenvalue weighted by atomic mass is 10.7. The molecule has 1 N–H and O–H groups in total. The SMILES string of the molecule is Cl[SiH](Cl)Cl.OCC(F)(F)F. The number of aliphatic hydroxyl groups is 1. The maximum Gasteiger partial charge on any atom is 0.411 e. The lowest BCUT2D eigenvalue weighted by Gasteiger charge is -1.95. The van der Waals surface area contributed by atoms with Gasteiger partial charge >= 0.3 is 12.9 Å². The van der Waals surface area contributed by atoms with Crippen LogP contribution in [0.25, 0.3) is 0 Å². The Morgan fingerprint density at radius 3 is 1.30 bits per heavy atom. The van der Waals surface area contributed by atoms with Gasteiger partial charge in [-0.05, 0) is 0 Å². The Morgan fingerprint density at radius 1 is 1.20 bits per heavy atom. The third-order valence-corrected chi connectivity index (χ3v) is 0.179. The van der Waals surface area contributed by atoms with Crippen molar-refractivity contribution in [1.29, 1.82) is 0 Å². The molecule has 0 saturated carbocycles. The van der Waals surface area contributed by atoms with Gasteiger partial charge in [-0.15, -0.1) is 33.2 Å². The second kappa shape index (κ2) is 6.54. The molecule has 0 amide bonds. The lowest BCUT2D eigenvalue weighted by Crippen LogP contribution is -2.12. The molecule has 1 nitrogen and oxygen atoms in total. The van der Waals surface area contributed by atoms with E-state index >= 15 is 0 Å². The standard InChI is InChI=1S/C2H3F3O.Cl3HSi/c3-2(4,5)1-6;1-4(2)3/h6H,1H2;4H. The third-order valence-electron chi connectivity index (χ3n) is 0.179. The molecule has 8 heteroatoms. The van der Waals surface area contributed by atoms with Crippen molar-refractivity contribution in [2.45, 2.75) is 6.18 Å². The molecular weight excluding hydrogens is 231 g/mol. The molecule has 0 radical (unpaired) electrons. The fourth-order valence-corrected chi connectivity index (χ4v) is 0. The minimum atomic E-state index is -4.40. The summed E-state index contributed by atoms with van der Waals surface area (Å²) in [7, 11) is 0. The summed E-state index contributed by atoms with van der Waals surface area (Å²) in [6.07, 6.45) is -4.40. The van der Waals surface area contributed by atoms with Crippen LogP contribution in [0.1, 0.15) is 0 Å². The van der Waals surface area contributed by atoms with Gasteiger partial charge < -0.3 is 5.11 Å².